The van der Waals surface area contributed by atoms with Gasteiger partial charge in [0.2, 0.25) is 0 Å². The second-order valence-corrected chi connectivity index (χ2v) is 10.2. The number of aromatic nitrogens is 1. The standard InChI is InChI=1S/C26H24BrN3O7S/c1-6-37-25(32)21-14(3)28-26-29(22(21)16-8-7-13(2)18(12-16)30(33)34)24(31)20(38-26)11-15-9-17(27)23(36-5)19(10-15)35-4/h7-12,22H,6H2,1-5H3/b20-11+/t22-/m1/s1. The smallest absolute Gasteiger partial charge is 0.338 e. The minimum absolute atomic E-state index is 0.113. The van der Waals surface area contributed by atoms with E-state index in [0.29, 0.717) is 47.7 Å². The van der Waals surface area contributed by atoms with E-state index in [-0.39, 0.29) is 17.9 Å². The van der Waals surface area contributed by atoms with Crippen molar-refractivity contribution < 1.29 is 23.9 Å². The van der Waals surface area contributed by atoms with E-state index in [1.54, 1.807) is 51.1 Å². The lowest BCUT2D eigenvalue weighted by Gasteiger charge is -2.24. The van der Waals surface area contributed by atoms with Crippen molar-refractivity contribution in [2.75, 3.05) is 20.8 Å². The summed E-state index contributed by atoms with van der Waals surface area (Å²) in [6.07, 6.45) is 1.69. The summed E-state index contributed by atoms with van der Waals surface area (Å²) in [7, 11) is 3.04. The molecule has 1 atom stereocenters. The van der Waals surface area contributed by atoms with Gasteiger partial charge in [-0.3, -0.25) is 19.5 Å². The summed E-state index contributed by atoms with van der Waals surface area (Å²) in [4.78, 5) is 42.9. The number of hydrogen-bond acceptors (Lipinski definition) is 9. The van der Waals surface area contributed by atoms with Gasteiger partial charge in [-0.05, 0) is 66.0 Å². The number of halogens is 1. The van der Waals surface area contributed by atoms with Gasteiger partial charge in [0.25, 0.3) is 11.2 Å². The first-order valence-corrected chi connectivity index (χ1v) is 13.1. The van der Waals surface area contributed by atoms with Crippen LogP contribution in [0.25, 0.3) is 6.08 Å². The molecule has 1 aromatic heterocycles. The predicted molar refractivity (Wildman–Crippen MR) is 145 cm³/mol. The number of carbonyl (C=O) groups is 1. The monoisotopic (exact) mass is 601 g/mol. The molecule has 0 fully saturated rings. The third-order valence-electron chi connectivity index (χ3n) is 6.02. The summed E-state index contributed by atoms with van der Waals surface area (Å²) >= 11 is 4.61. The summed E-state index contributed by atoms with van der Waals surface area (Å²) in [5.41, 5.74) is 1.55. The number of methoxy groups -OCH3 is 2. The molecule has 0 aliphatic carbocycles. The van der Waals surface area contributed by atoms with Gasteiger partial charge in [-0.1, -0.05) is 23.5 Å². The lowest BCUT2D eigenvalue weighted by atomic mass is 9.94. The van der Waals surface area contributed by atoms with Crippen LogP contribution in [0, 0.1) is 17.0 Å². The number of thiazole rings is 1. The first kappa shape index (κ1) is 27.3. The van der Waals surface area contributed by atoms with Gasteiger partial charge in [0.05, 0.1) is 52.1 Å². The van der Waals surface area contributed by atoms with Gasteiger partial charge in [0.1, 0.15) is 0 Å². The number of nitro groups is 1. The van der Waals surface area contributed by atoms with Gasteiger partial charge in [-0.15, -0.1) is 0 Å². The summed E-state index contributed by atoms with van der Waals surface area (Å²) in [6.45, 7) is 5.08. The van der Waals surface area contributed by atoms with Crippen LogP contribution in [-0.2, 0) is 9.53 Å². The Hall–Kier alpha value is -3.77. The Balaban J connectivity index is 1.98. The highest BCUT2D eigenvalue weighted by Crippen LogP contribution is 2.37. The molecule has 38 heavy (non-hydrogen) atoms. The molecule has 1 aliphatic rings. The van der Waals surface area contributed by atoms with Crippen LogP contribution >= 0.6 is 27.3 Å². The van der Waals surface area contributed by atoms with Crippen molar-refractivity contribution in [3.8, 4) is 11.5 Å². The second-order valence-electron chi connectivity index (χ2n) is 8.34. The maximum Gasteiger partial charge on any atom is 0.338 e. The van der Waals surface area contributed by atoms with E-state index in [9.17, 15) is 19.7 Å². The van der Waals surface area contributed by atoms with E-state index in [0.717, 1.165) is 11.3 Å². The average Bonchev–Trinajstić information content (AvgIpc) is 3.17. The van der Waals surface area contributed by atoms with E-state index in [2.05, 4.69) is 20.9 Å². The summed E-state index contributed by atoms with van der Waals surface area (Å²) in [6, 6.07) is 7.23. The molecule has 3 aromatic rings. The van der Waals surface area contributed by atoms with Crippen LogP contribution in [0.15, 0.2) is 55.9 Å². The van der Waals surface area contributed by atoms with Crippen LogP contribution in [0.4, 0.5) is 5.69 Å². The summed E-state index contributed by atoms with van der Waals surface area (Å²) in [5, 5.41) is 11.7. The Kier molecular flexibility index (Phi) is 7.83. The first-order chi connectivity index (χ1) is 18.1. The predicted octanol–water partition coefficient (Wildman–Crippen LogP) is 3.79. The zero-order valence-corrected chi connectivity index (χ0v) is 23.6. The number of nitrogens with zero attached hydrogens (tertiary/aromatic N) is 3. The highest BCUT2D eigenvalue weighted by atomic mass is 79.9. The zero-order valence-electron chi connectivity index (χ0n) is 21.2. The molecule has 0 saturated carbocycles. The van der Waals surface area contributed by atoms with Gasteiger partial charge in [0, 0.05) is 11.6 Å². The SMILES string of the molecule is CCOC(=O)C1=C(C)N=c2s/c(=C/c3cc(Br)c(OC)c(OC)c3)c(=O)n2[C@@H]1c1ccc(C)c([N+](=O)[O-])c1. The number of fused-ring (bicyclic) bond motifs is 1. The average molecular weight is 602 g/mol. The number of esters is 1. The Morgan fingerprint density at radius 3 is 2.61 bits per heavy atom. The quantitative estimate of drug-likeness (QED) is 0.229. The second kappa shape index (κ2) is 10.9. The van der Waals surface area contributed by atoms with Gasteiger partial charge in [0.15, 0.2) is 16.3 Å². The highest BCUT2D eigenvalue weighted by Gasteiger charge is 2.34. The van der Waals surface area contributed by atoms with E-state index >= 15 is 0 Å². The Bertz CT molecular complexity index is 1670. The van der Waals surface area contributed by atoms with Gasteiger partial charge in [-0.2, -0.15) is 0 Å². The Morgan fingerprint density at radius 1 is 1.24 bits per heavy atom. The molecular formula is C26H24BrN3O7S. The molecule has 0 saturated heterocycles. The minimum atomic E-state index is -0.955. The lowest BCUT2D eigenvalue weighted by Crippen LogP contribution is -2.40. The van der Waals surface area contributed by atoms with E-state index in [4.69, 9.17) is 14.2 Å². The first-order valence-electron chi connectivity index (χ1n) is 11.5. The lowest BCUT2D eigenvalue weighted by molar-refractivity contribution is -0.385. The molecule has 1 aliphatic heterocycles. The molecule has 0 bridgehead atoms. The topological polar surface area (TPSA) is 122 Å². The van der Waals surface area contributed by atoms with Crippen LogP contribution in [0.1, 0.15) is 36.6 Å². The molecule has 12 heteroatoms. The third kappa shape index (κ3) is 4.88. The van der Waals surface area contributed by atoms with Crippen LogP contribution < -0.4 is 24.4 Å². The van der Waals surface area contributed by atoms with Crippen molar-refractivity contribution in [3.63, 3.8) is 0 Å². The molecule has 0 amide bonds. The molecule has 2 aromatic carbocycles. The summed E-state index contributed by atoms with van der Waals surface area (Å²) < 4.78 is 18.4. The van der Waals surface area contributed by atoms with Crippen LogP contribution in [-0.4, -0.2) is 36.3 Å². The fourth-order valence-electron chi connectivity index (χ4n) is 4.27. The van der Waals surface area contributed by atoms with Crippen molar-refractivity contribution in [1.29, 1.82) is 0 Å². The number of nitro benzene ring substituents is 1. The van der Waals surface area contributed by atoms with Crippen molar-refractivity contribution in [1.82, 2.24) is 4.57 Å². The van der Waals surface area contributed by atoms with Crippen LogP contribution in [0.2, 0.25) is 0 Å². The largest absolute Gasteiger partial charge is 0.493 e. The molecule has 198 valence electrons. The number of aryl methyl sites for hydroxylation is 1. The number of allylic oxidation sites excluding steroid dienone is 1. The van der Waals surface area contributed by atoms with Crippen molar-refractivity contribution in [2.24, 2.45) is 4.99 Å². The van der Waals surface area contributed by atoms with E-state index < -0.39 is 22.5 Å². The molecule has 0 unspecified atom stereocenters. The number of carbonyl (C=O) groups excluding carboxylic acids is 1. The number of ether oxygens (including phenoxy) is 3. The minimum Gasteiger partial charge on any atom is -0.493 e. The van der Waals surface area contributed by atoms with Gasteiger partial charge >= 0.3 is 5.97 Å². The third-order valence-corrected chi connectivity index (χ3v) is 7.59. The van der Waals surface area contributed by atoms with Crippen LogP contribution in [0.3, 0.4) is 0 Å². The summed E-state index contributed by atoms with van der Waals surface area (Å²) in [5.74, 6) is 0.355. The van der Waals surface area contributed by atoms with Crippen LogP contribution in [0.5, 0.6) is 11.5 Å². The molecule has 0 radical (unpaired) electrons. The number of benzene rings is 2. The normalized spacial score (nSPS) is 15.1. The Labute approximate surface area is 229 Å². The molecule has 4 rings (SSSR count). The number of rotatable bonds is 7. The Morgan fingerprint density at radius 2 is 1.97 bits per heavy atom. The van der Waals surface area contributed by atoms with E-state index in [1.807, 2.05) is 0 Å². The van der Waals surface area contributed by atoms with E-state index in [1.165, 1.54) is 24.9 Å². The fraction of sp³-hybridized carbons (Fsp3) is 0.269. The van der Waals surface area contributed by atoms with Crippen molar-refractivity contribution in [3.05, 3.63) is 92.6 Å². The molecule has 10 nitrogen and oxygen atoms in total. The molecular weight excluding hydrogens is 578 g/mol. The van der Waals surface area contributed by atoms with Gasteiger partial charge < -0.3 is 14.2 Å². The fourth-order valence-corrected chi connectivity index (χ4v) is 5.94. The maximum atomic E-state index is 13.8. The molecule has 0 N–H and O–H groups in total. The van der Waals surface area contributed by atoms with Gasteiger partial charge in [-0.25, -0.2) is 9.79 Å². The number of hydrogen-bond donors (Lipinski definition) is 0. The van der Waals surface area contributed by atoms with Crippen molar-refractivity contribution >= 4 is 45.0 Å². The maximum absolute atomic E-state index is 13.8. The zero-order chi connectivity index (χ0) is 27.7. The molecule has 2 heterocycles. The highest BCUT2D eigenvalue weighted by molar-refractivity contribution is 9.10. The van der Waals surface area contributed by atoms with Crippen molar-refractivity contribution in [2.45, 2.75) is 26.8 Å². The molecule has 0 spiro atoms.